The second kappa shape index (κ2) is 4.99. The van der Waals surface area contributed by atoms with Crippen LogP contribution in [0.3, 0.4) is 0 Å². The summed E-state index contributed by atoms with van der Waals surface area (Å²) in [6, 6.07) is 11.4. The van der Waals surface area contributed by atoms with Crippen molar-refractivity contribution in [3.63, 3.8) is 0 Å². The molecule has 0 aliphatic heterocycles. The molecule has 0 spiro atoms. The van der Waals surface area contributed by atoms with E-state index in [4.69, 9.17) is 10.7 Å². The fraction of sp³-hybridized carbons (Fsp3) is 0.200. The summed E-state index contributed by atoms with van der Waals surface area (Å²) in [6.45, 7) is 5.81. The molecule has 0 aromatic heterocycles. The average Bonchev–Trinajstić information content (AvgIpc) is 2.32. The second-order valence-electron chi connectivity index (χ2n) is 4.72. The number of rotatable bonds is 2. The van der Waals surface area contributed by atoms with Gasteiger partial charge in [0.05, 0.1) is 4.90 Å². The first-order chi connectivity index (χ1) is 8.79. The third-order valence-corrected chi connectivity index (χ3v) is 4.75. The van der Waals surface area contributed by atoms with Crippen LogP contribution in [0.2, 0.25) is 0 Å². The molecule has 19 heavy (non-hydrogen) atoms. The van der Waals surface area contributed by atoms with Crippen LogP contribution in [0.5, 0.6) is 0 Å². The molecule has 0 fully saturated rings. The number of aryl methyl sites for hydroxylation is 3. The quantitative estimate of drug-likeness (QED) is 0.778. The first kappa shape index (κ1) is 14.1. The number of hydrogen-bond acceptors (Lipinski definition) is 2. The van der Waals surface area contributed by atoms with Gasteiger partial charge in [0, 0.05) is 10.7 Å². The normalized spacial score (nSPS) is 11.6. The Balaban J connectivity index is 2.61. The highest BCUT2D eigenvalue weighted by Gasteiger charge is 2.14. The zero-order valence-electron chi connectivity index (χ0n) is 11.1. The van der Waals surface area contributed by atoms with E-state index in [1.807, 2.05) is 38.1 Å². The smallest absolute Gasteiger partial charge is 0.207 e. The third kappa shape index (κ3) is 2.99. The van der Waals surface area contributed by atoms with Crippen molar-refractivity contribution < 1.29 is 8.42 Å². The van der Waals surface area contributed by atoms with Crippen molar-refractivity contribution >= 4 is 19.7 Å². The minimum absolute atomic E-state index is 0.171. The van der Waals surface area contributed by atoms with Gasteiger partial charge in [-0.1, -0.05) is 30.3 Å². The van der Waals surface area contributed by atoms with Crippen LogP contribution in [0.1, 0.15) is 16.7 Å². The molecule has 0 aliphatic rings. The largest absolute Gasteiger partial charge is 0.261 e. The van der Waals surface area contributed by atoms with Gasteiger partial charge in [0.25, 0.3) is 9.05 Å². The molecular weight excluding hydrogens is 280 g/mol. The molecule has 100 valence electrons. The Morgan fingerprint density at radius 3 is 1.84 bits per heavy atom. The van der Waals surface area contributed by atoms with Crippen molar-refractivity contribution in [2.75, 3.05) is 0 Å². The molecule has 0 saturated carbocycles. The highest BCUT2D eigenvalue weighted by molar-refractivity contribution is 8.13. The molecular formula is C15H15ClO2S. The Labute approximate surface area is 118 Å². The maximum absolute atomic E-state index is 11.5. The predicted molar refractivity (Wildman–Crippen MR) is 79.1 cm³/mol. The molecule has 0 radical (unpaired) electrons. The van der Waals surface area contributed by atoms with Gasteiger partial charge in [-0.3, -0.25) is 0 Å². The molecule has 0 unspecified atom stereocenters. The van der Waals surface area contributed by atoms with E-state index in [0.29, 0.717) is 5.56 Å². The SMILES string of the molecule is Cc1ccc(-c2ccc(C)c(S(=O)(=O)Cl)c2)cc1C. The van der Waals surface area contributed by atoms with Crippen LogP contribution >= 0.6 is 10.7 Å². The first-order valence-corrected chi connectivity index (χ1v) is 8.23. The minimum Gasteiger partial charge on any atom is -0.207 e. The van der Waals surface area contributed by atoms with E-state index in [1.54, 1.807) is 19.1 Å². The van der Waals surface area contributed by atoms with Crippen molar-refractivity contribution in [3.05, 3.63) is 53.1 Å². The summed E-state index contributed by atoms with van der Waals surface area (Å²) >= 11 is 0. The molecule has 0 bridgehead atoms. The number of benzene rings is 2. The number of hydrogen-bond donors (Lipinski definition) is 0. The van der Waals surface area contributed by atoms with E-state index < -0.39 is 9.05 Å². The van der Waals surface area contributed by atoms with Gasteiger partial charge in [0.15, 0.2) is 0 Å². The fourth-order valence-corrected chi connectivity index (χ4v) is 3.18. The van der Waals surface area contributed by atoms with Crippen LogP contribution in [0.4, 0.5) is 0 Å². The lowest BCUT2D eigenvalue weighted by atomic mass is 10.00. The lowest BCUT2D eigenvalue weighted by Gasteiger charge is -2.08. The van der Waals surface area contributed by atoms with Crippen LogP contribution < -0.4 is 0 Å². The molecule has 2 nitrogen and oxygen atoms in total. The highest BCUT2D eigenvalue weighted by atomic mass is 35.7. The van der Waals surface area contributed by atoms with Crippen molar-refractivity contribution in [1.82, 2.24) is 0 Å². The maximum atomic E-state index is 11.5. The van der Waals surface area contributed by atoms with Gasteiger partial charge >= 0.3 is 0 Å². The first-order valence-electron chi connectivity index (χ1n) is 5.92. The van der Waals surface area contributed by atoms with Crippen LogP contribution in [0.25, 0.3) is 11.1 Å². The van der Waals surface area contributed by atoms with E-state index in [2.05, 4.69) is 0 Å². The Hall–Kier alpha value is -1.32. The Morgan fingerprint density at radius 2 is 1.32 bits per heavy atom. The highest BCUT2D eigenvalue weighted by Crippen LogP contribution is 2.28. The predicted octanol–water partition coefficient (Wildman–Crippen LogP) is 4.21. The summed E-state index contributed by atoms with van der Waals surface area (Å²) in [4.78, 5) is 0.171. The molecule has 2 rings (SSSR count). The Bertz CT molecular complexity index is 734. The minimum atomic E-state index is -3.71. The van der Waals surface area contributed by atoms with E-state index in [9.17, 15) is 8.42 Å². The Kier molecular flexibility index (Phi) is 3.70. The molecule has 2 aromatic carbocycles. The topological polar surface area (TPSA) is 34.1 Å². The van der Waals surface area contributed by atoms with Gasteiger partial charge in [-0.2, -0.15) is 0 Å². The van der Waals surface area contributed by atoms with Gasteiger partial charge in [-0.05, 0) is 54.7 Å². The zero-order chi connectivity index (χ0) is 14.2. The van der Waals surface area contributed by atoms with E-state index in [1.165, 1.54) is 11.1 Å². The molecule has 0 amide bonds. The number of halogens is 1. The molecule has 0 saturated heterocycles. The van der Waals surface area contributed by atoms with Gasteiger partial charge in [0.2, 0.25) is 0 Å². The van der Waals surface area contributed by atoms with E-state index in [-0.39, 0.29) is 4.90 Å². The van der Waals surface area contributed by atoms with Gasteiger partial charge < -0.3 is 0 Å². The summed E-state index contributed by atoms with van der Waals surface area (Å²) in [5.41, 5.74) is 4.88. The van der Waals surface area contributed by atoms with Crippen molar-refractivity contribution in [2.45, 2.75) is 25.7 Å². The maximum Gasteiger partial charge on any atom is 0.261 e. The molecule has 0 atom stereocenters. The second-order valence-corrected chi connectivity index (χ2v) is 7.25. The summed E-state index contributed by atoms with van der Waals surface area (Å²) in [7, 11) is 1.74. The summed E-state index contributed by atoms with van der Waals surface area (Å²) in [5, 5.41) is 0. The van der Waals surface area contributed by atoms with Crippen LogP contribution in [-0.4, -0.2) is 8.42 Å². The summed E-state index contributed by atoms with van der Waals surface area (Å²) in [6.07, 6.45) is 0. The lowest BCUT2D eigenvalue weighted by Crippen LogP contribution is -1.95. The molecule has 0 aliphatic carbocycles. The summed E-state index contributed by atoms with van der Waals surface area (Å²) in [5.74, 6) is 0. The molecule has 0 N–H and O–H groups in total. The summed E-state index contributed by atoms with van der Waals surface area (Å²) < 4.78 is 23.0. The monoisotopic (exact) mass is 294 g/mol. The van der Waals surface area contributed by atoms with Crippen LogP contribution in [0, 0.1) is 20.8 Å². The fourth-order valence-electron chi connectivity index (χ4n) is 1.96. The standard InChI is InChI=1S/C15H15ClO2S/c1-10-4-6-13(8-12(10)3)14-7-5-11(2)15(9-14)19(16,17)18/h4-9H,1-3H3. The lowest BCUT2D eigenvalue weighted by molar-refractivity contribution is 0.609. The molecule has 4 heteroatoms. The van der Waals surface area contributed by atoms with Crippen LogP contribution in [0.15, 0.2) is 41.3 Å². The van der Waals surface area contributed by atoms with E-state index in [0.717, 1.165) is 11.1 Å². The van der Waals surface area contributed by atoms with Crippen molar-refractivity contribution in [3.8, 4) is 11.1 Å². The van der Waals surface area contributed by atoms with Crippen molar-refractivity contribution in [2.24, 2.45) is 0 Å². The van der Waals surface area contributed by atoms with Crippen molar-refractivity contribution in [1.29, 1.82) is 0 Å². The molecule has 2 aromatic rings. The Morgan fingerprint density at radius 1 is 0.789 bits per heavy atom. The van der Waals surface area contributed by atoms with Gasteiger partial charge in [-0.25, -0.2) is 8.42 Å². The molecule has 0 heterocycles. The van der Waals surface area contributed by atoms with Crippen LogP contribution in [-0.2, 0) is 9.05 Å². The zero-order valence-corrected chi connectivity index (χ0v) is 12.6. The third-order valence-electron chi connectivity index (χ3n) is 3.29. The van der Waals surface area contributed by atoms with Gasteiger partial charge in [-0.15, -0.1) is 0 Å². The van der Waals surface area contributed by atoms with Gasteiger partial charge in [0.1, 0.15) is 0 Å². The van der Waals surface area contributed by atoms with E-state index >= 15 is 0 Å². The average molecular weight is 295 g/mol.